The van der Waals surface area contributed by atoms with Crippen molar-refractivity contribution in [2.75, 3.05) is 13.1 Å². The number of aromatic nitrogens is 1. The number of likely N-dealkylation sites (tertiary alicyclic amines) is 1. The molecule has 20 heavy (non-hydrogen) atoms. The molecule has 1 fully saturated rings. The summed E-state index contributed by atoms with van der Waals surface area (Å²) in [6, 6.07) is -0.326. The number of amides is 3. The molecule has 1 aromatic rings. The average molecular weight is 343 g/mol. The highest BCUT2D eigenvalue weighted by molar-refractivity contribution is 9.11. The summed E-state index contributed by atoms with van der Waals surface area (Å²) >= 11 is 3.29. The third kappa shape index (κ3) is 3.38. The lowest BCUT2D eigenvalue weighted by Gasteiger charge is -2.28. The predicted molar refractivity (Wildman–Crippen MR) is 75.1 cm³/mol. The number of aryl methyl sites for hydroxylation is 1. The van der Waals surface area contributed by atoms with E-state index in [1.54, 1.807) is 11.8 Å². The molecule has 1 aliphatic heterocycles. The molecule has 2 rings (SSSR count). The summed E-state index contributed by atoms with van der Waals surface area (Å²) in [4.78, 5) is 30.9. The van der Waals surface area contributed by atoms with Gasteiger partial charge in [-0.3, -0.25) is 10.2 Å². The van der Waals surface area contributed by atoms with Gasteiger partial charge in [0.05, 0.1) is 0 Å². The highest BCUT2D eigenvalue weighted by Crippen LogP contribution is 2.17. The van der Waals surface area contributed by atoms with E-state index in [-0.39, 0.29) is 11.7 Å². The summed E-state index contributed by atoms with van der Waals surface area (Å²) in [5.74, 6) is -0.0931. The van der Waals surface area contributed by atoms with Crippen molar-refractivity contribution >= 4 is 27.9 Å². The second-order valence-corrected chi connectivity index (χ2v) is 4.85. The van der Waals surface area contributed by atoms with Gasteiger partial charge in [0.15, 0.2) is 12.1 Å². The molecule has 0 radical (unpaired) electrons. The number of piperidine rings is 1. The monoisotopic (exact) mass is 342 g/mol. The number of carbonyl (C=O) groups is 2. The second kappa shape index (κ2) is 6.56. The Hall–Kier alpha value is -1.83. The van der Waals surface area contributed by atoms with E-state index >= 15 is 0 Å². The van der Waals surface area contributed by atoms with Crippen LogP contribution in [0.25, 0.3) is 0 Å². The van der Waals surface area contributed by atoms with Crippen LogP contribution in [0.15, 0.2) is 21.4 Å². The summed E-state index contributed by atoms with van der Waals surface area (Å²) in [5.41, 5.74) is 6.13. The minimum absolute atomic E-state index is 0.161. The van der Waals surface area contributed by atoms with Crippen LogP contribution >= 0.6 is 15.9 Å². The maximum Gasteiger partial charge on any atom is 0.336 e. The second-order valence-electron chi connectivity index (χ2n) is 4.40. The average Bonchev–Trinajstić information content (AvgIpc) is 2.90. The van der Waals surface area contributed by atoms with Gasteiger partial charge in [0, 0.05) is 13.1 Å². The van der Waals surface area contributed by atoms with Crippen LogP contribution in [0.4, 0.5) is 4.79 Å². The zero-order chi connectivity index (χ0) is 14.5. The van der Waals surface area contributed by atoms with Crippen LogP contribution in [0.2, 0.25) is 0 Å². The van der Waals surface area contributed by atoms with Crippen molar-refractivity contribution in [3.63, 3.8) is 0 Å². The fourth-order valence-corrected chi connectivity index (χ4v) is 2.34. The number of hydrazine groups is 1. The molecule has 0 spiro atoms. The largest absolute Gasteiger partial charge is 0.448 e. The van der Waals surface area contributed by atoms with Crippen LogP contribution in [0, 0.1) is 6.92 Å². The van der Waals surface area contributed by atoms with Gasteiger partial charge in [-0.15, -0.1) is 0 Å². The van der Waals surface area contributed by atoms with Crippen LogP contribution in [0.5, 0.6) is 0 Å². The highest BCUT2D eigenvalue weighted by Gasteiger charge is 2.20. The molecule has 1 saturated heterocycles. The summed E-state index contributed by atoms with van der Waals surface area (Å²) in [6.07, 6.45) is 2.84. The molecule has 3 amide bonds. The van der Waals surface area contributed by atoms with Crippen LogP contribution in [0.1, 0.15) is 29.1 Å². The smallest absolute Gasteiger partial charge is 0.336 e. The Morgan fingerprint density at radius 1 is 1.40 bits per heavy atom. The molecule has 0 bridgehead atoms. The molecule has 0 aliphatic carbocycles. The molecular formula is C12H15BrN4O3. The van der Waals surface area contributed by atoms with Crippen molar-refractivity contribution in [1.82, 2.24) is 20.7 Å². The number of hydrogen-bond donors (Lipinski definition) is 2. The van der Waals surface area contributed by atoms with Crippen LogP contribution in [-0.2, 0) is 0 Å². The zero-order valence-corrected chi connectivity index (χ0v) is 12.6. The quantitative estimate of drug-likeness (QED) is 0.760. The third-order valence-electron chi connectivity index (χ3n) is 3.09. The Morgan fingerprint density at radius 3 is 2.65 bits per heavy atom. The molecule has 2 heterocycles. The Labute approximate surface area is 124 Å². The molecule has 0 aromatic carbocycles. The first-order chi connectivity index (χ1) is 9.61. The normalized spacial score (nSPS) is 14.9. The first kappa shape index (κ1) is 14.6. The lowest BCUT2D eigenvalue weighted by molar-refractivity contribution is 0.0923. The van der Waals surface area contributed by atoms with Crippen LogP contribution < -0.4 is 10.9 Å². The van der Waals surface area contributed by atoms with Crippen molar-refractivity contribution in [2.24, 2.45) is 0 Å². The fraction of sp³-hybridized carbons (Fsp3) is 0.417. The molecule has 8 heteroatoms. The Balaban J connectivity index is 1.81. The molecule has 0 saturated carbocycles. The Morgan fingerprint density at radius 2 is 2.10 bits per heavy atom. The van der Waals surface area contributed by atoms with Gasteiger partial charge in [-0.25, -0.2) is 15.2 Å². The van der Waals surface area contributed by atoms with E-state index in [4.69, 9.17) is 4.42 Å². The zero-order valence-electron chi connectivity index (χ0n) is 11.0. The first-order valence-electron chi connectivity index (χ1n) is 6.15. The topological polar surface area (TPSA) is 87.5 Å². The SMILES string of the molecule is Cc1ocnc1C(=O)NNC(=O)N1CCC(=CBr)CC1. The van der Waals surface area contributed by atoms with Crippen molar-refractivity contribution in [3.8, 4) is 0 Å². The minimum atomic E-state index is -0.498. The number of oxazole rings is 1. The number of urea groups is 1. The van der Waals surface area contributed by atoms with Gasteiger partial charge in [-0.05, 0) is 24.8 Å². The van der Waals surface area contributed by atoms with Crippen molar-refractivity contribution in [1.29, 1.82) is 0 Å². The molecule has 0 atom stereocenters. The molecule has 1 aromatic heterocycles. The predicted octanol–water partition coefficient (Wildman–Crippen LogP) is 1.71. The van der Waals surface area contributed by atoms with E-state index in [1.807, 2.05) is 4.99 Å². The van der Waals surface area contributed by atoms with Gasteiger partial charge in [0.1, 0.15) is 5.76 Å². The number of halogens is 1. The third-order valence-corrected chi connectivity index (χ3v) is 3.74. The maximum atomic E-state index is 11.9. The summed E-state index contributed by atoms with van der Waals surface area (Å²) in [6.45, 7) is 2.88. The van der Waals surface area contributed by atoms with Crippen LogP contribution in [-0.4, -0.2) is 34.9 Å². The Kier molecular flexibility index (Phi) is 4.78. The highest BCUT2D eigenvalue weighted by atomic mass is 79.9. The molecule has 1 aliphatic rings. The molecule has 108 valence electrons. The van der Waals surface area contributed by atoms with E-state index in [0.29, 0.717) is 18.8 Å². The van der Waals surface area contributed by atoms with E-state index in [1.165, 1.54) is 12.0 Å². The van der Waals surface area contributed by atoms with Gasteiger partial charge in [0.2, 0.25) is 0 Å². The lowest BCUT2D eigenvalue weighted by Crippen LogP contribution is -2.50. The van der Waals surface area contributed by atoms with E-state index in [9.17, 15) is 9.59 Å². The van der Waals surface area contributed by atoms with Gasteiger partial charge in [0.25, 0.3) is 5.91 Å². The number of hydrogen-bond acceptors (Lipinski definition) is 4. The van der Waals surface area contributed by atoms with Crippen molar-refractivity contribution in [2.45, 2.75) is 19.8 Å². The number of rotatable bonds is 1. The lowest BCUT2D eigenvalue weighted by atomic mass is 10.1. The first-order valence-corrected chi connectivity index (χ1v) is 7.07. The molecule has 0 unspecified atom stereocenters. The summed E-state index contributed by atoms with van der Waals surface area (Å²) < 4.78 is 4.93. The maximum absolute atomic E-state index is 11.9. The van der Waals surface area contributed by atoms with Gasteiger partial charge >= 0.3 is 6.03 Å². The minimum Gasteiger partial charge on any atom is -0.448 e. The molecular weight excluding hydrogens is 328 g/mol. The van der Waals surface area contributed by atoms with E-state index in [0.717, 1.165) is 12.8 Å². The van der Waals surface area contributed by atoms with E-state index in [2.05, 4.69) is 31.8 Å². The number of nitrogens with zero attached hydrogens (tertiary/aromatic N) is 2. The number of carbonyl (C=O) groups excluding carboxylic acids is 2. The summed E-state index contributed by atoms with van der Waals surface area (Å²) in [5, 5.41) is 0. The fourth-order valence-electron chi connectivity index (χ4n) is 1.88. The van der Waals surface area contributed by atoms with Crippen molar-refractivity contribution < 1.29 is 14.0 Å². The van der Waals surface area contributed by atoms with Gasteiger partial charge in [-0.1, -0.05) is 21.5 Å². The Bertz CT molecular complexity index is 531. The van der Waals surface area contributed by atoms with Gasteiger partial charge in [-0.2, -0.15) is 0 Å². The van der Waals surface area contributed by atoms with E-state index < -0.39 is 5.91 Å². The molecule has 7 nitrogen and oxygen atoms in total. The molecule has 2 N–H and O–H groups in total. The van der Waals surface area contributed by atoms with Crippen LogP contribution in [0.3, 0.4) is 0 Å². The van der Waals surface area contributed by atoms with Gasteiger partial charge < -0.3 is 9.32 Å². The number of nitrogens with one attached hydrogen (secondary N) is 2. The summed E-state index contributed by atoms with van der Waals surface area (Å²) in [7, 11) is 0. The standard InChI is InChI=1S/C12H15BrN4O3/c1-8-10(14-7-20-8)11(18)15-16-12(19)17-4-2-9(6-13)3-5-17/h6-7H,2-5H2,1H3,(H,15,18)(H,16,19). The van der Waals surface area contributed by atoms with Crippen molar-refractivity contribution in [3.05, 3.63) is 28.4 Å².